The topological polar surface area (TPSA) is 77.5 Å². The molecule has 0 saturated heterocycles. The molecule has 0 fully saturated rings. The summed E-state index contributed by atoms with van der Waals surface area (Å²) in [4.78, 5) is 11.9. The van der Waals surface area contributed by atoms with Crippen molar-refractivity contribution in [1.29, 1.82) is 0 Å². The number of anilines is 2. The Morgan fingerprint density at radius 1 is 1.44 bits per heavy atom. The third-order valence-electron chi connectivity index (χ3n) is 2.35. The summed E-state index contributed by atoms with van der Waals surface area (Å²) in [5, 5.41) is 2.72. The second-order valence-corrected chi connectivity index (χ2v) is 3.86. The molecule has 94 valence electrons. The quantitative estimate of drug-likeness (QED) is 0.838. The molecule has 0 aliphatic heterocycles. The number of nitrogens with two attached hydrogens (primary N) is 1. The molecule has 18 heavy (non-hydrogen) atoms. The van der Waals surface area contributed by atoms with Crippen molar-refractivity contribution in [3.05, 3.63) is 41.3 Å². The fraction of sp³-hybridized carbons (Fsp3) is 0.0833. The van der Waals surface area contributed by atoms with E-state index in [0.717, 1.165) is 0 Å². The molecule has 3 N–H and O–H groups in total. The van der Waals surface area contributed by atoms with E-state index in [1.807, 2.05) is 0 Å². The summed E-state index contributed by atoms with van der Waals surface area (Å²) in [5.74, 6) is 0.131. The molecule has 0 bridgehead atoms. The maximum atomic E-state index is 11.9. The van der Waals surface area contributed by atoms with Gasteiger partial charge in [-0.3, -0.25) is 4.79 Å². The first-order valence-electron chi connectivity index (χ1n) is 5.09. The fourth-order valence-electron chi connectivity index (χ4n) is 1.44. The van der Waals surface area contributed by atoms with Gasteiger partial charge in [0.2, 0.25) is 5.22 Å². The van der Waals surface area contributed by atoms with Crippen molar-refractivity contribution in [1.82, 2.24) is 0 Å². The molecule has 1 aromatic carbocycles. The van der Waals surface area contributed by atoms with Gasteiger partial charge in [0.25, 0.3) is 5.91 Å². The highest BCUT2D eigenvalue weighted by Gasteiger charge is 2.13. The van der Waals surface area contributed by atoms with Crippen LogP contribution in [0.1, 0.15) is 10.4 Å². The maximum absolute atomic E-state index is 11.9. The van der Waals surface area contributed by atoms with Gasteiger partial charge in [0.1, 0.15) is 5.75 Å². The van der Waals surface area contributed by atoms with E-state index in [1.165, 1.54) is 19.4 Å². The maximum Gasteiger partial charge on any atom is 0.260 e. The molecule has 0 unspecified atom stereocenters. The third-order valence-corrected chi connectivity index (χ3v) is 2.65. The van der Waals surface area contributed by atoms with Gasteiger partial charge >= 0.3 is 0 Å². The fourth-order valence-corrected chi connectivity index (χ4v) is 1.64. The smallest absolute Gasteiger partial charge is 0.260 e. The zero-order chi connectivity index (χ0) is 13.1. The van der Waals surface area contributed by atoms with Crippen molar-refractivity contribution in [2.24, 2.45) is 0 Å². The Kier molecular flexibility index (Phi) is 3.43. The van der Waals surface area contributed by atoms with E-state index < -0.39 is 0 Å². The van der Waals surface area contributed by atoms with Crippen LogP contribution in [-0.4, -0.2) is 13.0 Å². The Labute approximate surface area is 108 Å². The van der Waals surface area contributed by atoms with E-state index in [9.17, 15) is 4.79 Å². The van der Waals surface area contributed by atoms with Gasteiger partial charge in [0.05, 0.1) is 24.6 Å². The molecule has 0 aliphatic rings. The molecule has 0 saturated carbocycles. The van der Waals surface area contributed by atoms with Crippen LogP contribution in [0.5, 0.6) is 5.75 Å². The number of furan rings is 1. The molecule has 0 radical (unpaired) electrons. The number of benzene rings is 1. The highest BCUT2D eigenvalue weighted by Crippen LogP contribution is 2.26. The highest BCUT2D eigenvalue weighted by molar-refractivity contribution is 6.32. The van der Waals surface area contributed by atoms with Gasteiger partial charge in [-0.25, -0.2) is 0 Å². The minimum absolute atomic E-state index is 0.0508. The Bertz CT molecular complexity index is 580. The van der Waals surface area contributed by atoms with E-state index in [4.69, 9.17) is 26.5 Å². The minimum Gasteiger partial charge on any atom is -0.495 e. The number of rotatable bonds is 3. The van der Waals surface area contributed by atoms with Crippen molar-refractivity contribution >= 4 is 28.9 Å². The van der Waals surface area contributed by atoms with Crippen LogP contribution >= 0.6 is 11.6 Å². The van der Waals surface area contributed by atoms with Crippen molar-refractivity contribution in [2.75, 3.05) is 18.2 Å². The van der Waals surface area contributed by atoms with Crippen LogP contribution in [-0.2, 0) is 0 Å². The van der Waals surface area contributed by atoms with Gasteiger partial charge in [-0.05, 0) is 29.8 Å². The SMILES string of the molecule is COc1cc(NC(=O)c2ccoc2Cl)ccc1N. The van der Waals surface area contributed by atoms with Crippen LogP contribution in [0.2, 0.25) is 5.22 Å². The summed E-state index contributed by atoms with van der Waals surface area (Å²) >= 11 is 5.71. The lowest BCUT2D eigenvalue weighted by Gasteiger charge is -2.08. The van der Waals surface area contributed by atoms with Gasteiger partial charge in [-0.15, -0.1) is 0 Å². The van der Waals surface area contributed by atoms with E-state index in [-0.39, 0.29) is 16.7 Å². The lowest BCUT2D eigenvalue weighted by Crippen LogP contribution is -2.11. The van der Waals surface area contributed by atoms with Gasteiger partial charge in [0.15, 0.2) is 0 Å². The van der Waals surface area contributed by atoms with Crippen molar-refractivity contribution in [3.8, 4) is 5.75 Å². The van der Waals surface area contributed by atoms with E-state index in [1.54, 1.807) is 18.2 Å². The van der Waals surface area contributed by atoms with Gasteiger partial charge in [-0.1, -0.05) is 0 Å². The number of hydrogen-bond acceptors (Lipinski definition) is 4. The van der Waals surface area contributed by atoms with Crippen molar-refractivity contribution in [2.45, 2.75) is 0 Å². The van der Waals surface area contributed by atoms with Crippen molar-refractivity contribution < 1.29 is 13.9 Å². The summed E-state index contributed by atoms with van der Waals surface area (Å²) in [5.41, 5.74) is 7.00. The number of amides is 1. The Hall–Kier alpha value is -2.14. The van der Waals surface area contributed by atoms with Crippen LogP contribution in [0, 0.1) is 0 Å². The average molecular weight is 267 g/mol. The molecule has 2 rings (SSSR count). The average Bonchev–Trinajstić information content (AvgIpc) is 2.78. The van der Waals surface area contributed by atoms with Crippen LogP contribution in [0.4, 0.5) is 11.4 Å². The molecule has 1 amide bonds. The van der Waals surface area contributed by atoms with Gasteiger partial charge in [0, 0.05) is 11.8 Å². The van der Waals surface area contributed by atoms with Crippen LogP contribution in [0.25, 0.3) is 0 Å². The van der Waals surface area contributed by atoms with Crippen LogP contribution in [0.15, 0.2) is 34.9 Å². The zero-order valence-corrected chi connectivity index (χ0v) is 10.3. The van der Waals surface area contributed by atoms with Crippen molar-refractivity contribution in [3.63, 3.8) is 0 Å². The molecule has 2 aromatic rings. The van der Waals surface area contributed by atoms with E-state index in [2.05, 4.69) is 5.32 Å². The first-order chi connectivity index (χ1) is 8.61. The summed E-state index contributed by atoms with van der Waals surface area (Å²) in [6.45, 7) is 0. The lowest BCUT2D eigenvalue weighted by molar-refractivity contribution is 0.102. The number of nitrogen functional groups attached to an aromatic ring is 1. The van der Waals surface area contributed by atoms with Crippen LogP contribution in [0.3, 0.4) is 0 Å². The second kappa shape index (κ2) is 5.01. The van der Waals surface area contributed by atoms with Gasteiger partial charge < -0.3 is 20.2 Å². The molecule has 6 heteroatoms. The Morgan fingerprint density at radius 3 is 2.83 bits per heavy atom. The molecule has 0 atom stereocenters. The normalized spacial score (nSPS) is 10.1. The third kappa shape index (κ3) is 2.41. The second-order valence-electron chi connectivity index (χ2n) is 3.52. The number of carbonyl (C=O) groups is 1. The Morgan fingerprint density at radius 2 is 2.22 bits per heavy atom. The standard InChI is InChI=1S/C12H11ClN2O3/c1-17-10-6-7(2-3-9(10)14)15-12(16)8-4-5-18-11(8)13/h2-6H,14H2,1H3,(H,15,16). The number of nitrogens with one attached hydrogen (secondary N) is 1. The number of halogens is 1. The summed E-state index contributed by atoms with van der Waals surface area (Å²) < 4.78 is 9.91. The summed E-state index contributed by atoms with van der Waals surface area (Å²) in [7, 11) is 1.50. The number of hydrogen-bond donors (Lipinski definition) is 2. The minimum atomic E-state index is -0.361. The molecular weight excluding hydrogens is 256 g/mol. The molecule has 0 aliphatic carbocycles. The largest absolute Gasteiger partial charge is 0.495 e. The number of methoxy groups -OCH3 is 1. The van der Waals surface area contributed by atoms with E-state index >= 15 is 0 Å². The Balaban J connectivity index is 2.20. The molecular formula is C12H11ClN2O3. The summed E-state index contributed by atoms with van der Waals surface area (Å²) in [6, 6.07) is 6.43. The first-order valence-corrected chi connectivity index (χ1v) is 5.47. The molecule has 1 heterocycles. The highest BCUT2D eigenvalue weighted by atomic mass is 35.5. The summed E-state index contributed by atoms with van der Waals surface area (Å²) in [6.07, 6.45) is 1.35. The lowest BCUT2D eigenvalue weighted by atomic mass is 10.2. The van der Waals surface area contributed by atoms with E-state index in [0.29, 0.717) is 17.1 Å². The number of carbonyl (C=O) groups excluding carboxylic acids is 1. The van der Waals surface area contributed by atoms with Gasteiger partial charge in [-0.2, -0.15) is 0 Å². The monoisotopic (exact) mass is 266 g/mol. The predicted molar refractivity (Wildman–Crippen MR) is 69.1 cm³/mol. The number of ether oxygens (including phenoxy) is 1. The van der Waals surface area contributed by atoms with Crippen LogP contribution < -0.4 is 15.8 Å². The molecule has 0 spiro atoms. The molecule has 5 nitrogen and oxygen atoms in total. The zero-order valence-electron chi connectivity index (χ0n) is 9.57. The first kappa shape index (κ1) is 12.3. The molecule has 1 aromatic heterocycles. The predicted octanol–water partition coefficient (Wildman–Crippen LogP) is 2.78.